The Morgan fingerprint density at radius 2 is 0.944 bits per heavy atom. The van der Waals surface area contributed by atoms with E-state index in [1.54, 1.807) is 24.3 Å². The molecule has 0 aliphatic carbocycles. The molecule has 0 amide bonds. The molecule has 0 spiro atoms. The van der Waals surface area contributed by atoms with E-state index in [1.165, 1.54) is 11.6 Å². The van der Waals surface area contributed by atoms with Crippen molar-refractivity contribution in [2.24, 2.45) is 0 Å². The Bertz CT molecular complexity index is 509. The second kappa shape index (κ2) is 6.58. The maximum Gasteiger partial charge on any atom is 0.151 e. The van der Waals surface area contributed by atoms with Crippen LogP contribution in [0.2, 0.25) is 0 Å². The lowest BCUT2D eigenvalue weighted by molar-refractivity contribution is -0.150. The third-order valence-electron chi connectivity index (χ3n) is 2.36. The van der Waals surface area contributed by atoms with E-state index < -0.39 is 15.5 Å². The van der Waals surface area contributed by atoms with Crippen molar-refractivity contribution in [1.82, 2.24) is 0 Å². The first-order valence-electron chi connectivity index (χ1n) is 5.48. The van der Waals surface area contributed by atoms with Gasteiger partial charge in [0.05, 0.1) is 15.5 Å². The molecule has 0 radical (unpaired) electrons. The summed E-state index contributed by atoms with van der Waals surface area (Å²) in [5.74, 6) is 3.05. The van der Waals surface area contributed by atoms with Crippen LogP contribution >= 0.6 is 15.5 Å². The van der Waals surface area contributed by atoms with Gasteiger partial charge in [-0.1, -0.05) is 36.4 Å². The van der Waals surface area contributed by atoms with Crippen molar-refractivity contribution in [3.8, 4) is 0 Å². The van der Waals surface area contributed by atoms with Crippen molar-refractivity contribution < 1.29 is 9.79 Å². The molecule has 2 aromatic rings. The van der Waals surface area contributed by atoms with E-state index in [-0.39, 0.29) is 0 Å². The Morgan fingerprint density at radius 1 is 0.611 bits per heavy atom. The smallest absolute Gasteiger partial charge is 0.151 e. The topological polar surface area (TPSA) is 46.1 Å². The first-order valence-corrected chi connectivity index (χ1v) is 8.14. The van der Waals surface area contributed by atoms with E-state index in [0.29, 0.717) is 0 Å². The SMILES string of the molecule is [O-][P+](=CC=[P+]([O-])c1ccccc1)c1ccccc1. The van der Waals surface area contributed by atoms with Crippen LogP contribution in [0.15, 0.2) is 60.7 Å². The summed E-state index contributed by atoms with van der Waals surface area (Å²) >= 11 is 0. The summed E-state index contributed by atoms with van der Waals surface area (Å²) in [6.45, 7) is 0. The zero-order chi connectivity index (χ0) is 12.8. The molecule has 2 atom stereocenters. The van der Waals surface area contributed by atoms with Crippen molar-refractivity contribution in [3.05, 3.63) is 60.7 Å². The minimum Gasteiger partial charge on any atom is -0.626 e. The molecule has 0 N–H and O–H groups in total. The molecular weight excluding hydrogens is 262 g/mol. The highest BCUT2D eigenvalue weighted by molar-refractivity contribution is 7.66. The van der Waals surface area contributed by atoms with Gasteiger partial charge in [-0.25, -0.2) is 0 Å². The van der Waals surface area contributed by atoms with E-state index in [4.69, 9.17) is 0 Å². The molecule has 18 heavy (non-hydrogen) atoms. The monoisotopic (exact) mass is 274 g/mol. The predicted molar refractivity (Wildman–Crippen MR) is 78.1 cm³/mol. The van der Waals surface area contributed by atoms with Crippen LogP contribution in [-0.4, -0.2) is 11.6 Å². The molecule has 2 rings (SSSR count). The van der Waals surface area contributed by atoms with Crippen molar-refractivity contribution in [2.45, 2.75) is 0 Å². The quantitative estimate of drug-likeness (QED) is 0.776. The van der Waals surface area contributed by atoms with Gasteiger partial charge >= 0.3 is 0 Å². The van der Waals surface area contributed by atoms with Crippen LogP contribution in [0.4, 0.5) is 0 Å². The fraction of sp³-hybridized carbons (Fsp3) is 0. The van der Waals surface area contributed by atoms with Crippen LogP contribution in [0.5, 0.6) is 0 Å². The highest BCUT2D eigenvalue weighted by atomic mass is 31.1. The molecule has 90 valence electrons. The Kier molecular flexibility index (Phi) is 4.81. The molecule has 0 aliphatic heterocycles. The van der Waals surface area contributed by atoms with Crippen molar-refractivity contribution >= 4 is 37.7 Å². The highest BCUT2D eigenvalue weighted by Crippen LogP contribution is 2.12. The lowest BCUT2D eigenvalue weighted by Crippen LogP contribution is -2.09. The summed E-state index contributed by atoms with van der Waals surface area (Å²) in [7, 11) is -3.23. The van der Waals surface area contributed by atoms with Gasteiger partial charge in [0.25, 0.3) is 0 Å². The van der Waals surface area contributed by atoms with Gasteiger partial charge < -0.3 is 9.79 Å². The van der Waals surface area contributed by atoms with Gasteiger partial charge in [0.1, 0.15) is 10.6 Å². The molecule has 0 fully saturated rings. The number of rotatable bonds is 3. The molecule has 0 saturated heterocycles. The summed E-state index contributed by atoms with van der Waals surface area (Å²) in [6.07, 6.45) is 0. The van der Waals surface area contributed by atoms with Gasteiger partial charge in [0, 0.05) is 0 Å². The standard InChI is InChI=1S/C14H12O2P2/c15-17(13-7-3-1-4-8-13)11-12-18(16)14-9-5-2-6-10-14/h1-12H. The molecule has 4 heteroatoms. The lowest BCUT2D eigenvalue weighted by Gasteiger charge is -1.96. The largest absolute Gasteiger partial charge is 0.626 e. The van der Waals surface area contributed by atoms with Crippen molar-refractivity contribution in [1.29, 1.82) is 0 Å². The molecule has 2 aromatic carbocycles. The van der Waals surface area contributed by atoms with Gasteiger partial charge in [-0.3, -0.25) is 0 Å². The van der Waals surface area contributed by atoms with Crippen molar-refractivity contribution in [2.75, 3.05) is 0 Å². The summed E-state index contributed by atoms with van der Waals surface area (Å²) in [6, 6.07) is 18.3. The van der Waals surface area contributed by atoms with Crippen LogP contribution in [0.3, 0.4) is 0 Å². The summed E-state index contributed by atoms with van der Waals surface area (Å²) in [5.41, 5.74) is 0. The normalized spacial score (nSPS) is 12.6. The molecular formula is C14H12O2P2. The van der Waals surface area contributed by atoms with E-state index in [0.717, 1.165) is 10.6 Å². The molecule has 2 nitrogen and oxygen atoms in total. The molecule has 0 heterocycles. The maximum absolute atomic E-state index is 11.9. The van der Waals surface area contributed by atoms with Gasteiger partial charge in [-0.2, -0.15) is 0 Å². The van der Waals surface area contributed by atoms with E-state index in [1.807, 2.05) is 36.4 Å². The third-order valence-corrected chi connectivity index (χ3v) is 5.05. The Hall–Kier alpha value is -1.30. The Labute approximate surface area is 108 Å². The first kappa shape index (κ1) is 13.1. The van der Waals surface area contributed by atoms with E-state index >= 15 is 0 Å². The molecule has 2 unspecified atom stereocenters. The van der Waals surface area contributed by atoms with Crippen LogP contribution < -0.4 is 20.4 Å². The van der Waals surface area contributed by atoms with Crippen LogP contribution in [0, 0.1) is 0 Å². The molecule has 0 aliphatic rings. The zero-order valence-electron chi connectivity index (χ0n) is 9.64. The van der Waals surface area contributed by atoms with Gasteiger partial charge in [-0.05, 0) is 24.3 Å². The Balaban J connectivity index is 2.20. The molecule has 0 bridgehead atoms. The average molecular weight is 274 g/mol. The zero-order valence-corrected chi connectivity index (χ0v) is 11.4. The number of hydrogen-bond donors (Lipinski definition) is 0. The summed E-state index contributed by atoms with van der Waals surface area (Å²) < 4.78 is 0. The van der Waals surface area contributed by atoms with Gasteiger partial charge in [-0.15, -0.1) is 0 Å². The first-order chi connectivity index (χ1) is 8.77. The second-order valence-electron chi connectivity index (χ2n) is 3.62. The average Bonchev–Trinajstić information content (AvgIpc) is 2.46. The second-order valence-corrected chi connectivity index (χ2v) is 6.55. The minimum absolute atomic E-state index is 0.750. The van der Waals surface area contributed by atoms with E-state index in [2.05, 4.69) is 0 Å². The molecule has 0 aromatic heterocycles. The highest BCUT2D eigenvalue weighted by Gasteiger charge is 2.03. The Morgan fingerprint density at radius 3 is 1.28 bits per heavy atom. The van der Waals surface area contributed by atoms with Crippen molar-refractivity contribution in [3.63, 3.8) is 0 Å². The predicted octanol–water partition coefficient (Wildman–Crippen LogP) is 0.756. The summed E-state index contributed by atoms with van der Waals surface area (Å²) in [4.78, 5) is 23.8. The van der Waals surface area contributed by atoms with Crippen LogP contribution in [0.1, 0.15) is 0 Å². The van der Waals surface area contributed by atoms with Gasteiger partial charge in [0.2, 0.25) is 0 Å². The minimum atomic E-state index is -1.61. The van der Waals surface area contributed by atoms with E-state index in [9.17, 15) is 9.79 Å². The fourth-order valence-corrected chi connectivity index (χ4v) is 3.69. The molecule has 0 saturated carbocycles. The lowest BCUT2D eigenvalue weighted by atomic mass is 10.4. The van der Waals surface area contributed by atoms with Gasteiger partial charge in [0.15, 0.2) is 11.6 Å². The summed E-state index contributed by atoms with van der Waals surface area (Å²) in [5, 5.41) is 1.50. The number of benzene rings is 2. The third kappa shape index (κ3) is 3.60. The maximum atomic E-state index is 11.9. The fourth-order valence-electron chi connectivity index (χ4n) is 1.44. The van der Waals surface area contributed by atoms with Crippen LogP contribution in [-0.2, 0) is 0 Å². The van der Waals surface area contributed by atoms with Crippen LogP contribution in [0.25, 0.3) is 0 Å². The number of hydrogen-bond acceptors (Lipinski definition) is 2.